The van der Waals surface area contributed by atoms with Crippen LogP contribution in [0.3, 0.4) is 0 Å². The predicted octanol–water partition coefficient (Wildman–Crippen LogP) is 0.924. The van der Waals surface area contributed by atoms with E-state index in [0.717, 1.165) is 0 Å². The van der Waals surface area contributed by atoms with Crippen LogP contribution in [0, 0.1) is 12.8 Å². The molecule has 1 atom stereocenters. The van der Waals surface area contributed by atoms with Gasteiger partial charge in [0.25, 0.3) is 5.56 Å². The summed E-state index contributed by atoms with van der Waals surface area (Å²) >= 11 is 0. The number of H-pyrrole nitrogens is 1. The summed E-state index contributed by atoms with van der Waals surface area (Å²) in [5, 5.41) is 0. The molecular formula is C12H13NO5. The number of carbonyl (C=O) groups is 2. The molecule has 0 saturated heterocycles. The summed E-state index contributed by atoms with van der Waals surface area (Å²) in [7, 11) is 0. The van der Waals surface area contributed by atoms with E-state index in [-0.39, 0.29) is 29.0 Å². The highest BCUT2D eigenvalue weighted by molar-refractivity contribution is 5.84. The van der Waals surface area contributed by atoms with Crippen molar-refractivity contribution in [1.29, 1.82) is 0 Å². The Hall–Kier alpha value is -2.11. The molecule has 1 aliphatic rings. The molecule has 2 rings (SSSR count). The maximum Gasteiger partial charge on any atom is 0.315 e. The van der Waals surface area contributed by atoms with E-state index in [1.807, 2.05) is 0 Å². The van der Waals surface area contributed by atoms with Gasteiger partial charge < -0.3 is 14.5 Å². The van der Waals surface area contributed by atoms with Crippen LogP contribution in [0.15, 0.2) is 11.0 Å². The van der Waals surface area contributed by atoms with Crippen LogP contribution in [0.4, 0.5) is 0 Å². The van der Waals surface area contributed by atoms with Gasteiger partial charge in [-0.2, -0.15) is 0 Å². The average Bonchev–Trinajstić information content (AvgIpc) is 2.33. The summed E-state index contributed by atoms with van der Waals surface area (Å²) in [5.74, 6) is -1.46. The lowest BCUT2D eigenvalue weighted by molar-refractivity contribution is -0.147. The zero-order valence-electron chi connectivity index (χ0n) is 10.1. The lowest BCUT2D eigenvalue weighted by atomic mass is 10.0. The van der Waals surface area contributed by atoms with Crippen LogP contribution < -0.4 is 15.0 Å². The SMILES string of the molecule is CCC1CC(=O)Oc2c[nH]c(=O)c(C)c2OC1=O. The highest BCUT2D eigenvalue weighted by Gasteiger charge is 2.29. The fourth-order valence-electron chi connectivity index (χ4n) is 1.74. The van der Waals surface area contributed by atoms with Gasteiger partial charge in [-0.25, -0.2) is 0 Å². The van der Waals surface area contributed by atoms with Gasteiger partial charge in [-0.15, -0.1) is 0 Å². The molecular weight excluding hydrogens is 238 g/mol. The van der Waals surface area contributed by atoms with E-state index in [4.69, 9.17) is 9.47 Å². The minimum atomic E-state index is -0.538. The second kappa shape index (κ2) is 4.64. The Labute approximate surface area is 103 Å². The molecule has 96 valence electrons. The van der Waals surface area contributed by atoms with Gasteiger partial charge in [-0.05, 0) is 13.3 Å². The van der Waals surface area contributed by atoms with Crippen molar-refractivity contribution in [3.63, 3.8) is 0 Å². The van der Waals surface area contributed by atoms with Gasteiger partial charge in [0, 0.05) is 0 Å². The molecule has 6 heteroatoms. The summed E-state index contributed by atoms with van der Waals surface area (Å²) in [6.07, 6.45) is 1.68. The van der Waals surface area contributed by atoms with E-state index in [1.54, 1.807) is 6.92 Å². The van der Waals surface area contributed by atoms with Crippen molar-refractivity contribution < 1.29 is 19.1 Å². The third-order valence-electron chi connectivity index (χ3n) is 2.90. The van der Waals surface area contributed by atoms with Crippen molar-refractivity contribution in [1.82, 2.24) is 4.98 Å². The molecule has 6 nitrogen and oxygen atoms in total. The Bertz CT molecular complexity index is 560. The summed E-state index contributed by atoms with van der Waals surface area (Å²) in [4.78, 5) is 37.3. The van der Waals surface area contributed by atoms with Crippen LogP contribution in [-0.2, 0) is 9.59 Å². The first-order valence-electron chi connectivity index (χ1n) is 5.67. The third-order valence-corrected chi connectivity index (χ3v) is 2.90. The van der Waals surface area contributed by atoms with Crippen LogP contribution in [0.25, 0.3) is 0 Å². The molecule has 1 aromatic rings. The fourth-order valence-corrected chi connectivity index (χ4v) is 1.74. The zero-order chi connectivity index (χ0) is 13.3. The van der Waals surface area contributed by atoms with Crippen LogP contribution in [0.1, 0.15) is 25.3 Å². The largest absolute Gasteiger partial charge is 0.422 e. The quantitative estimate of drug-likeness (QED) is 0.750. The van der Waals surface area contributed by atoms with Crippen molar-refractivity contribution in [3.05, 3.63) is 22.1 Å². The van der Waals surface area contributed by atoms with Crippen LogP contribution in [0.2, 0.25) is 0 Å². The number of aromatic amines is 1. The lowest BCUT2D eigenvalue weighted by Gasteiger charge is -2.19. The van der Waals surface area contributed by atoms with Gasteiger partial charge in [0.15, 0.2) is 11.5 Å². The van der Waals surface area contributed by atoms with Gasteiger partial charge in [-0.3, -0.25) is 14.4 Å². The topological polar surface area (TPSA) is 85.5 Å². The number of rotatable bonds is 1. The molecule has 0 saturated carbocycles. The first-order chi connectivity index (χ1) is 8.52. The fraction of sp³-hybridized carbons (Fsp3) is 0.417. The summed E-state index contributed by atoms with van der Waals surface area (Å²) in [6, 6.07) is 0. The number of aromatic nitrogens is 1. The molecule has 1 aliphatic heterocycles. The van der Waals surface area contributed by atoms with E-state index in [2.05, 4.69) is 4.98 Å². The number of pyridine rings is 1. The maximum atomic E-state index is 11.8. The van der Waals surface area contributed by atoms with E-state index < -0.39 is 17.9 Å². The molecule has 0 fully saturated rings. The number of hydrogen-bond acceptors (Lipinski definition) is 5. The Kier molecular flexibility index (Phi) is 3.18. The second-order valence-corrected chi connectivity index (χ2v) is 4.14. The molecule has 1 aromatic heterocycles. The smallest absolute Gasteiger partial charge is 0.315 e. The second-order valence-electron chi connectivity index (χ2n) is 4.14. The van der Waals surface area contributed by atoms with E-state index in [9.17, 15) is 14.4 Å². The molecule has 0 spiro atoms. The first-order valence-corrected chi connectivity index (χ1v) is 5.67. The molecule has 0 amide bonds. The molecule has 0 radical (unpaired) electrons. The van der Waals surface area contributed by atoms with Gasteiger partial charge in [0.1, 0.15) is 0 Å². The number of ether oxygens (including phenoxy) is 2. The van der Waals surface area contributed by atoms with E-state index in [1.165, 1.54) is 13.1 Å². The van der Waals surface area contributed by atoms with Gasteiger partial charge in [-0.1, -0.05) is 6.92 Å². The Morgan fingerprint density at radius 2 is 2.06 bits per heavy atom. The Balaban J connectivity index is 2.50. The lowest BCUT2D eigenvalue weighted by Crippen LogP contribution is -2.29. The predicted molar refractivity (Wildman–Crippen MR) is 61.5 cm³/mol. The monoisotopic (exact) mass is 251 g/mol. The number of hydrogen-bond donors (Lipinski definition) is 1. The average molecular weight is 251 g/mol. The van der Waals surface area contributed by atoms with Crippen molar-refractivity contribution in [2.24, 2.45) is 5.92 Å². The number of carbonyl (C=O) groups excluding carboxylic acids is 2. The van der Waals surface area contributed by atoms with Crippen molar-refractivity contribution in [3.8, 4) is 11.5 Å². The number of nitrogens with one attached hydrogen (secondary N) is 1. The minimum Gasteiger partial charge on any atom is -0.422 e. The van der Waals surface area contributed by atoms with E-state index >= 15 is 0 Å². The summed E-state index contributed by atoms with van der Waals surface area (Å²) in [5.41, 5.74) is -0.170. The van der Waals surface area contributed by atoms with Crippen molar-refractivity contribution >= 4 is 11.9 Å². The van der Waals surface area contributed by atoms with Crippen LogP contribution in [0.5, 0.6) is 11.5 Å². The van der Waals surface area contributed by atoms with Gasteiger partial charge in [0.2, 0.25) is 0 Å². The molecule has 1 unspecified atom stereocenters. The van der Waals surface area contributed by atoms with Crippen molar-refractivity contribution in [2.75, 3.05) is 0 Å². The van der Waals surface area contributed by atoms with Gasteiger partial charge in [0.05, 0.1) is 24.1 Å². The number of fused-ring (bicyclic) bond motifs is 1. The van der Waals surface area contributed by atoms with E-state index in [0.29, 0.717) is 6.42 Å². The highest BCUT2D eigenvalue weighted by atomic mass is 16.6. The highest BCUT2D eigenvalue weighted by Crippen LogP contribution is 2.31. The molecule has 1 N–H and O–H groups in total. The van der Waals surface area contributed by atoms with Crippen LogP contribution in [-0.4, -0.2) is 16.9 Å². The normalized spacial score (nSPS) is 19.3. The first kappa shape index (κ1) is 12.3. The Morgan fingerprint density at radius 1 is 1.33 bits per heavy atom. The third kappa shape index (κ3) is 2.13. The maximum absolute atomic E-state index is 11.8. The van der Waals surface area contributed by atoms with Crippen LogP contribution >= 0.6 is 0 Å². The molecule has 18 heavy (non-hydrogen) atoms. The zero-order valence-corrected chi connectivity index (χ0v) is 10.1. The standard InChI is InChI=1S/C12H13NO5/c1-3-7-4-9(14)17-8-5-13-11(15)6(2)10(8)18-12(7)16/h5,7H,3-4H2,1-2H3,(H,13,15). The minimum absolute atomic E-state index is 0.0209. The molecule has 0 aliphatic carbocycles. The van der Waals surface area contributed by atoms with Crippen molar-refractivity contribution in [2.45, 2.75) is 26.7 Å². The van der Waals surface area contributed by atoms with Gasteiger partial charge >= 0.3 is 11.9 Å². The summed E-state index contributed by atoms with van der Waals surface area (Å²) in [6.45, 7) is 3.29. The summed E-state index contributed by atoms with van der Waals surface area (Å²) < 4.78 is 10.2. The Morgan fingerprint density at radius 3 is 2.72 bits per heavy atom. The molecule has 0 aromatic carbocycles. The molecule has 0 bridgehead atoms. The number of esters is 2. The molecule has 2 heterocycles.